The van der Waals surface area contributed by atoms with Gasteiger partial charge >= 0.3 is 6.18 Å². The third-order valence-corrected chi connectivity index (χ3v) is 2.15. The monoisotopic (exact) mass is 285 g/mol. The second kappa shape index (κ2) is 4.65. The first-order chi connectivity index (χ1) is 6.90. The quantitative estimate of drug-likeness (QED) is 0.924. The molecule has 84 valence electrons. The molecular formula is C7H7BrF3N3O. The summed E-state index contributed by atoms with van der Waals surface area (Å²) in [5, 5.41) is 0. The largest absolute Gasteiger partial charge is 0.476 e. The SMILES string of the molecule is Nc1ncnc(OCCC(F)(F)F)c1Br. The predicted molar refractivity (Wildman–Crippen MR) is 50.3 cm³/mol. The summed E-state index contributed by atoms with van der Waals surface area (Å²) in [5.74, 6) is 0.124. The number of ether oxygens (including phenoxy) is 1. The first kappa shape index (κ1) is 12.0. The molecule has 0 amide bonds. The number of aromatic nitrogens is 2. The van der Waals surface area contributed by atoms with E-state index in [0.29, 0.717) is 0 Å². The number of hydrogen-bond donors (Lipinski definition) is 1. The highest BCUT2D eigenvalue weighted by Crippen LogP contribution is 2.27. The minimum absolute atomic E-state index is 0.00625. The second-order valence-corrected chi connectivity index (χ2v) is 3.38. The van der Waals surface area contributed by atoms with Crippen molar-refractivity contribution in [2.45, 2.75) is 12.6 Å². The molecule has 4 nitrogen and oxygen atoms in total. The van der Waals surface area contributed by atoms with Crippen LogP contribution in [0.1, 0.15) is 6.42 Å². The van der Waals surface area contributed by atoms with Crippen molar-refractivity contribution < 1.29 is 17.9 Å². The summed E-state index contributed by atoms with van der Waals surface area (Å²) < 4.78 is 40.4. The lowest BCUT2D eigenvalue weighted by Crippen LogP contribution is -2.13. The Bertz CT molecular complexity index is 345. The fourth-order valence-corrected chi connectivity index (χ4v) is 1.05. The van der Waals surface area contributed by atoms with E-state index in [9.17, 15) is 13.2 Å². The molecule has 1 heterocycles. The molecule has 1 rings (SSSR count). The minimum Gasteiger partial charge on any atom is -0.476 e. The third kappa shape index (κ3) is 3.90. The third-order valence-electron chi connectivity index (χ3n) is 1.41. The van der Waals surface area contributed by atoms with Gasteiger partial charge in [0.15, 0.2) is 0 Å². The molecule has 1 aromatic heterocycles. The van der Waals surface area contributed by atoms with Gasteiger partial charge < -0.3 is 10.5 Å². The van der Waals surface area contributed by atoms with Crippen LogP contribution in [0.15, 0.2) is 10.8 Å². The van der Waals surface area contributed by atoms with Gasteiger partial charge in [0.1, 0.15) is 16.6 Å². The Hall–Kier alpha value is -1.05. The summed E-state index contributed by atoms with van der Waals surface area (Å²) in [6.45, 7) is -0.501. The maximum atomic E-state index is 11.8. The first-order valence-corrected chi connectivity index (χ1v) is 4.65. The van der Waals surface area contributed by atoms with Crippen LogP contribution in [0.3, 0.4) is 0 Å². The Balaban J connectivity index is 2.55. The lowest BCUT2D eigenvalue weighted by Gasteiger charge is -2.09. The molecule has 0 unspecified atom stereocenters. The summed E-state index contributed by atoms with van der Waals surface area (Å²) in [6.07, 6.45) is -4.17. The standard InChI is InChI=1S/C7H7BrF3N3O/c8-4-5(12)13-3-14-6(4)15-2-1-7(9,10)11/h3H,1-2H2,(H2,12,13,14). The number of nitrogen functional groups attached to an aromatic ring is 1. The van der Waals surface area contributed by atoms with Gasteiger partial charge in [-0.25, -0.2) is 9.97 Å². The fourth-order valence-electron chi connectivity index (χ4n) is 0.730. The van der Waals surface area contributed by atoms with E-state index >= 15 is 0 Å². The van der Waals surface area contributed by atoms with Crippen LogP contribution < -0.4 is 10.5 Å². The van der Waals surface area contributed by atoms with Crippen molar-refractivity contribution >= 4 is 21.7 Å². The topological polar surface area (TPSA) is 61.0 Å². The number of rotatable bonds is 3. The summed E-state index contributed by atoms with van der Waals surface area (Å²) >= 11 is 3.00. The van der Waals surface area contributed by atoms with Crippen LogP contribution in [-0.4, -0.2) is 22.8 Å². The van der Waals surface area contributed by atoms with Gasteiger partial charge in [0.2, 0.25) is 5.88 Å². The average Bonchev–Trinajstić information content (AvgIpc) is 2.10. The Morgan fingerprint density at radius 2 is 2.07 bits per heavy atom. The lowest BCUT2D eigenvalue weighted by atomic mass is 10.4. The van der Waals surface area contributed by atoms with Crippen molar-refractivity contribution in [3.8, 4) is 5.88 Å². The summed E-state index contributed by atoms with van der Waals surface area (Å²) in [4.78, 5) is 7.24. The fraction of sp³-hybridized carbons (Fsp3) is 0.429. The highest BCUT2D eigenvalue weighted by molar-refractivity contribution is 9.10. The predicted octanol–water partition coefficient (Wildman–Crippen LogP) is 2.15. The van der Waals surface area contributed by atoms with Crippen molar-refractivity contribution in [1.29, 1.82) is 0 Å². The van der Waals surface area contributed by atoms with Gasteiger partial charge in [0.25, 0.3) is 0 Å². The Morgan fingerprint density at radius 1 is 1.40 bits per heavy atom. The van der Waals surface area contributed by atoms with E-state index in [1.54, 1.807) is 0 Å². The van der Waals surface area contributed by atoms with Crippen molar-refractivity contribution in [1.82, 2.24) is 9.97 Å². The van der Waals surface area contributed by atoms with E-state index in [4.69, 9.17) is 10.5 Å². The van der Waals surface area contributed by atoms with E-state index < -0.39 is 19.2 Å². The average molecular weight is 286 g/mol. The van der Waals surface area contributed by atoms with E-state index in [2.05, 4.69) is 25.9 Å². The summed E-state index contributed by atoms with van der Waals surface area (Å²) in [6, 6.07) is 0. The molecule has 2 N–H and O–H groups in total. The molecule has 0 atom stereocenters. The van der Waals surface area contributed by atoms with Crippen LogP contribution in [0.25, 0.3) is 0 Å². The van der Waals surface area contributed by atoms with Crippen molar-refractivity contribution in [3.63, 3.8) is 0 Å². The van der Waals surface area contributed by atoms with Crippen LogP contribution in [0.4, 0.5) is 19.0 Å². The molecule has 1 aromatic rings. The van der Waals surface area contributed by atoms with E-state index in [0.717, 1.165) is 6.33 Å². The molecular weight excluding hydrogens is 279 g/mol. The zero-order chi connectivity index (χ0) is 11.5. The first-order valence-electron chi connectivity index (χ1n) is 3.85. The molecule has 0 aliphatic heterocycles. The normalized spacial score (nSPS) is 11.5. The molecule has 0 aliphatic carbocycles. The maximum absolute atomic E-state index is 11.8. The van der Waals surface area contributed by atoms with Gasteiger partial charge in [0.05, 0.1) is 13.0 Å². The molecule has 0 fully saturated rings. The highest BCUT2D eigenvalue weighted by Gasteiger charge is 2.27. The summed E-state index contributed by atoms with van der Waals surface area (Å²) in [5.41, 5.74) is 5.38. The Kier molecular flexibility index (Phi) is 3.72. The molecule has 0 saturated heterocycles. The highest BCUT2D eigenvalue weighted by atomic mass is 79.9. The number of nitrogens with zero attached hydrogens (tertiary/aromatic N) is 2. The number of nitrogens with two attached hydrogens (primary N) is 1. The Labute approximate surface area is 91.8 Å². The van der Waals surface area contributed by atoms with Gasteiger partial charge in [0, 0.05) is 0 Å². The molecule has 0 radical (unpaired) electrons. The minimum atomic E-state index is -4.24. The number of alkyl halides is 3. The second-order valence-electron chi connectivity index (χ2n) is 2.59. The molecule has 0 bridgehead atoms. The van der Waals surface area contributed by atoms with Gasteiger partial charge in [-0.05, 0) is 15.9 Å². The van der Waals surface area contributed by atoms with Gasteiger partial charge in [-0.3, -0.25) is 0 Å². The zero-order valence-electron chi connectivity index (χ0n) is 7.38. The van der Waals surface area contributed by atoms with Crippen molar-refractivity contribution in [2.24, 2.45) is 0 Å². The van der Waals surface area contributed by atoms with Crippen LogP contribution >= 0.6 is 15.9 Å². The van der Waals surface area contributed by atoms with Gasteiger partial charge in [-0.2, -0.15) is 13.2 Å². The Morgan fingerprint density at radius 3 is 2.67 bits per heavy atom. The molecule has 0 spiro atoms. The van der Waals surface area contributed by atoms with Crippen LogP contribution in [-0.2, 0) is 0 Å². The van der Waals surface area contributed by atoms with Gasteiger partial charge in [-0.1, -0.05) is 0 Å². The molecule has 0 aromatic carbocycles. The lowest BCUT2D eigenvalue weighted by molar-refractivity contribution is -0.139. The van der Waals surface area contributed by atoms with Gasteiger partial charge in [-0.15, -0.1) is 0 Å². The number of anilines is 1. The van der Waals surface area contributed by atoms with Crippen LogP contribution in [0, 0.1) is 0 Å². The molecule has 0 saturated carbocycles. The number of halogens is 4. The van der Waals surface area contributed by atoms with E-state index in [1.165, 1.54) is 0 Å². The summed E-state index contributed by atoms with van der Waals surface area (Å²) in [7, 11) is 0. The molecule has 15 heavy (non-hydrogen) atoms. The van der Waals surface area contributed by atoms with E-state index in [-0.39, 0.29) is 16.2 Å². The zero-order valence-corrected chi connectivity index (χ0v) is 8.97. The van der Waals surface area contributed by atoms with Crippen molar-refractivity contribution in [2.75, 3.05) is 12.3 Å². The van der Waals surface area contributed by atoms with Crippen LogP contribution in [0.5, 0.6) is 5.88 Å². The van der Waals surface area contributed by atoms with Crippen LogP contribution in [0.2, 0.25) is 0 Å². The number of hydrogen-bond acceptors (Lipinski definition) is 4. The van der Waals surface area contributed by atoms with Crippen molar-refractivity contribution in [3.05, 3.63) is 10.8 Å². The maximum Gasteiger partial charge on any atom is 0.392 e. The molecule has 0 aliphatic rings. The molecule has 8 heteroatoms. The van der Waals surface area contributed by atoms with E-state index in [1.807, 2.05) is 0 Å². The smallest absolute Gasteiger partial charge is 0.392 e.